The van der Waals surface area contributed by atoms with E-state index in [2.05, 4.69) is 12.4 Å². The summed E-state index contributed by atoms with van der Waals surface area (Å²) in [5.74, 6) is 0. The van der Waals surface area contributed by atoms with Crippen LogP contribution < -0.4 is 5.32 Å². The zero-order chi connectivity index (χ0) is 6.85. The number of rotatable bonds is 1. The first-order valence-electron chi connectivity index (χ1n) is 3.15. The number of likely N-dealkylation sites (tertiary alicyclic amines) is 1. The molecule has 0 bridgehead atoms. The lowest BCUT2D eigenvalue weighted by atomic mass is 10.2. The minimum Gasteiger partial charge on any atom is -0.456 e. The smallest absolute Gasteiger partial charge is 0.0807 e. The number of hydrogen-bond acceptors (Lipinski definition) is 3. The van der Waals surface area contributed by atoms with Crippen LogP contribution in [0.3, 0.4) is 0 Å². The third kappa shape index (κ3) is 1.41. The highest BCUT2D eigenvalue weighted by molar-refractivity contribution is 4.87. The van der Waals surface area contributed by atoms with E-state index in [1.54, 1.807) is 0 Å². The molecule has 0 saturated carbocycles. The van der Waals surface area contributed by atoms with Gasteiger partial charge < -0.3 is 15.3 Å². The fraction of sp³-hybridized carbons (Fsp3) is 0.833. The summed E-state index contributed by atoms with van der Waals surface area (Å²) in [6.07, 6.45) is -0.243. The Morgan fingerprint density at radius 2 is 2.33 bits per heavy atom. The van der Waals surface area contributed by atoms with E-state index in [9.17, 15) is 5.11 Å². The van der Waals surface area contributed by atoms with Gasteiger partial charge in [-0.2, -0.15) is 0 Å². The van der Waals surface area contributed by atoms with E-state index in [1.165, 1.54) is 0 Å². The van der Waals surface area contributed by atoms with Crippen molar-refractivity contribution in [2.24, 2.45) is 0 Å². The maximum absolute atomic E-state index is 9.22. The molecule has 1 rings (SSSR count). The molecule has 1 saturated heterocycles. The average molecular weight is 129 g/mol. The van der Waals surface area contributed by atoms with Crippen molar-refractivity contribution in [1.29, 1.82) is 0 Å². The summed E-state index contributed by atoms with van der Waals surface area (Å²) in [5.41, 5.74) is 0. The lowest BCUT2D eigenvalue weighted by Gasteiger charge is -2.15. The molecule has 0 radical (unpaired) electrons. The van der Waals surface area contributed by atoms with Gasteiger partial charge in [0.05, 0.1) is 6.10 Å². The normalized spacial score (nSPS) is 37.7. The molecule has 9 heavy (non-hydrogen) atoms. The first-order valence-corrected chi connectivity index (χ1v) is 3.15. The van der Waals surface area contributed by atoms with Crippen molar-refractivity contribution in [2.45, 2.75) is 12.1 Å². The highest BCUT2D eigenvalue weighted by Crippen LogP contribution is 2.06. The number of aliphatic hydroxyl groups excluding tert-OH is 1. The molecule has 1 aliphatic heterocycles. The highest BCUT2D eigenvalue weighted by atomic mass is 16.3. The van der Waals surface area contributed by atoms with Crippen LogP contribution in [0.1, 0.15) is 0 Å². The molecule has 54 valence electrons. The molecule has 0 unspecified atom stereocenters. The van der Waals surface area contributed by atoms with Crippen LogP contribution in [0.2, 0.25) is 0 Å². The predicted octanol–water partition coefficient (Wildman–Crippen LogP) is -0.958. The van der Waals surface area contributed by atoms with Gasteiger partial charge in [-0.3, -0.25) is 7.05 Å². The fourth-order valence-corrected chi connectivity index (χ4v) is 1.15. The minimum atomic E-state index is -0.243. The summed E-state index contributed by atoms with van der Waals surface area (Å²) >= 11 is 0. The highest BCUT2D eigenvalue weighted by Gasteiger charge is 2.23. The molecule has 1 aliphatic rings. The quantitative estimate of drug-likeness (QED) is 0.448. The number of hydrogen-bond donors (Lipinski definition) is 2. The molecule has 2 N–H and O–H groups in total. The van der Waals surface area contributed by atoms with Crippen molar-refractivity contribution >= 4 is 0 Å². The van der Waals surface area contributed by atoms with Gasteiger partial charge in [0.15, 0.2) is 0 Å². The topological polar surface area (TPSA) is 35.5 Å². The van der Waals surface area contributed by atoms with Crippen molar-refractivity contribution in [2.75, 3.05) is 20.1 Å². The second kappa shape index (κ2) is 2.64. The predicted molar refractivity (Wildman–Crippen MR) is 35.8 cm³/mol. The molecule has 0 aliphatic carbocycles. The number of aliphatic hydroxyl groups is 1. The lowest BCUT2D eigenvalue weighted by Crippen LogP contribution is -2.36. The van der Waals surface area contributed by atoms with Crippen LogP contribution in [0.25, 0.3) is 0 Å². The third-order valence-electron chi connectivity index (χ3n) is 1.74. The van der Waals surface area contributed by atoms with Gasteiger partial charge in [0, 0.05) is 6.04 Å². The van der Waals surface area contributed by atoms with Crippen molar-refractivity contribution in [3.05, 3.63) is 7.05 Å². The Labute approximate surface area is 55.7 Å². The van der Waals surface area contributed by atoms with Gasteiger partial charge in [0.2, 0.25) is 0 Å². The summed E-state index contributed by atoms with van der Waals surface area (Å²) < 4.78 is 0. The van der Waals surface area contributed by atoms with Gasteiger partial charge >= 0.3 is 0 Å². The average Bonchev–Trinajstić information content (AvgIpc) is 2.10. The lowest BCUT2D eigenvalue weighted by molar-refractivity contribution is 0.161. The molecule has 0 amide bonds. The zero-order valence-corrected chi connectivity index (χ0v) is 5.67. The molecule has 0 aromatic rings. The monoisotopic (exact) mass is 129 g/mol. The second-order valence-electron chi connectivity index (χ2n) is 2.50. The van der Waals surface area contributed by atoms with E-state index >= 15 is 0 Å². The first kappa shape index (κ1) is 6.99. The van der Waals surface area contributed by atoms with Gasteiger partial charge in [-0.1, -0.05) is 0 Å². The van der Waals surface area contributed by atoms with E-state index in [1.807, 2.05) is 11.9 Å². The Kier molecular flexibility index (Phi) is 2.05. The number of β-amino-alcohol motifs (C(OH)–C–C–N with tert-alkyl or cyclic N) is 1. The standard InChI is InChI=1S/C6H13N2O/c1-7-5-3-8(2)4-6(5)9/h5-7,9H,2-4H2,1H3/q-1/t5-,6-/m1/s1. The Bertz CT molecular complexity index is 97.1. The largest absolute Gasteiger partial charge is 0.456 e. The summed E-state index contributed by atoms with van der Waals surface area (Å²) in [7, 11) is 5.57. The van der Waals surface area contributed by atoms with E-state index in [0.29, 0.717) is 6.54 Å². The van der Waals surface area contributed by atoms with Crippen LogP contribution in [-0.4, -0.2) is 42.3 Å². The van der Waals surface area contributed by atoms with Crippen LogP contribution >= 0.6 is 0 Å². The summed E-state index contributed by atoms with van der Waals surface area (Å²) in [5, 5.41) is 12.2. The first-order chi connectivity index (χ1) is 4.24. The summed E-state index contributed by atoms with van der Waals surface area (Å²) in [6, 6.07) is 0.211. The minimum absolute atomic E-state index is 0.211. The number of nitrogens with zero attached hydrogens (tertiary/aromatic N) is 1. The van der Waals surface area contributed by atoms with Gasteiger partial charge in [-0.05, 0) is 20.1 Å². The van der Waals surface area contributed by atoms with Gasteiger partial charge in [-0.15, -0.1) is 0 Å². The zero-order valence-electron chi connectivity index (χ0n) is 5.67. The van der Waals surface area contributed by atoms with Crippen LogP contribution in [0, 0.1) is 7.05 Å². The Hall–Kier alpha value is -0.120. The van der Waals surface area contributed by atoms with Crippen LogP contribution in [0.15, 0.2) is 0 Å². The summed E-state index contributed by atoms with van der Waals surface area (Å²) in [6.45, 7) is 1.53. The molecule has 3 heteroatoms. The second-order valence-corrected chi connectivity index (χ2v) is 2.50. The maximum atomic E-state index is 9.22. The van der Waals surface area contributed by atoms with Crippen LogP contribution in [0.5, 0.6) is 0 Å². The van der Waals surface area contributed by atoms with Crippen molar-refractivity contribution in [3.63, 3.8) is 0 Å². The van der Waals surface area contributed by atoms with Crippen LogP contribution in [0.4, 0.5) is 0 Å². The summed E-state index contributed by atoms with van der Waals surface area (Å²) in [4.78, 5) is 1.87. The van der Waals surface area contributed by atoms with Gasteiger partial charge in [0.1, 0.15) is 0 Å². The van der Waals surface area contributed by atoms with Gasteiger partial charge in [-0.25, -0.2) is 0 Å². The Balaban J connectivity index is 2.38. The van der Waals surface area contributed by atoms with E-state index < -0.39 is 0 Å². The molecule has 1 fully saturated rings. The van der Waals surface area contributed by atoms with E-state index in [-0.39, 0.29) is 12.1 Å². The molecule has 0 aromatic carbocycles. The Morgan fingerprint density at radius 3 is 2.56 bits per heavy atom. The molecule has 1 heterocycles. The molecular weight excluding hydrogens is 116 g/mol. The number of likely N-dealkylation sites (N-methyl/N-ethyl adjacent to an activating group) is 1. The fourth-order valence-electron chi connectivity index (χ4n) is 1.15. The van der Waals surface area contributed by atoms with Crippen molar-refractivity contribution < 1.29 is 5.11 Å². The maximum Gasteiger partial charge on any atom is 0.0807 e. The molecular formula is C6H13N2O-. The molecule has 3 nitrogen and oxygen atoms in total. The van der Waals surface area contributed by atoms with E-state index in [0.717, 1.165) is 6.54 Å². The van der Waals surface area contributed by atoms with E-state index in [4.69, 9.17) is 0 Å². The number of nitrogens with one attached hydrogen (secondary N) is 1. The van der Waals surface area contributed by atoms with Crippen LogP contribution in [-0.2, 0) is 0 Å². The van der Waals surface area contributed by atoms with Crippen molar-refractivity contribution in [1.82, 2.24) is 10.2 Å². The molecule has 0 aromatic heterocycles. The SMILES string of the molecule is [CH2-]N1C[C@@H](O)[C@H](NC)C1. The van der Waals surface area contributed by atoms with Crippen molar-refractivity contribution in [3.8, 4) is 0 Å². The van der Waals surface area contributed by atoms with Gasteiger partial charge in [0.25, 0.3) is 0 Å². The Morgan fingerprint density at radius 1 is 1.67 bits per heavy atom. The molecule has 2 atom stereocenters. The molecule has 0 spiro atoms. The third-order valence-corrected chi connectivity index (χ3v) is 1.74.